The number of hydrogen-bond donors (Lipinski definition) is 6. The summed E-state index contributed by atoms with van der Waals surface area (Å²) in [6.07, 6.45) is 2.78. The summed E-state index contributed by atoms with van der Waals surface area (Å²) >= 11 is 0. The monoisotopic (exact) mass is 1050 g/mol. The van der Waals surface area contributed by atoms with E-state index >= 15 is 0 Å². The number of ether oxygens (including phenoxy) is 5. The topological polar surface area (TPSA) is 301 Å². The average Bonchev–Trinajstić information content (AvgIpc) is 3.27. The van der Waals surface area contributed by atoms with Crippen LogP contribution in [0.25, 0.3) is 12.2 Å². The number of benzene rings is 4. The number of amides is 2. The molecule has 0 saturated heterocycles. The lowest BCUT2D eigenvalue weighted by molar-refractivity contribution is -0.115. The number of sulfonamides is 2. The van der Waals surface area contributed by atoms with Crippen molar-refractivity contribution in [2.45, 2.75) is 69.0 Å². The summed E-state index contributed by atoms with van der Waals surface area (Å²) in [6.45, 7) is 10.0. The number of aliphatic imine (C=N–C) groups is 2. The molecule has 0 radical (unpaired) electrons. The minimum Gasteiger partial charge on any atom is -0.451 e. The molecule has 10 N–H and O–H groups in total. The van der Waals surface area contributed by atoms with Crippen LogP contribution < -0.4 is 41.9 Å². The molecule has 0 aliphatic heterocycles. The van der Waals surface area contributed by atoms with Crippen molar-refractivity contribution in [3.05, 3.63) is 118 Å². The third kappa shape index (κ3) is 18.1. The van der Waals surface area contributed by atoms with E-state index in [4.69, 9.17) is 46.6 Å². The Balaban J connectivity index is 1.15. The quantitative estimate of drug-likeness (QED) is 0.0157. The summed E-state index contributed by atoms with van der Waals surface area (Å²) in [4.78, 5) is 30.3. The number of hydrogen-bond acceptors (Lipinski definition) is 11. The van der Waals surface area contributed by atoms with Gasteiger partial charge in [-0.3, -0.25) is 9.59 Å². The van der Waals surface area contributed by atoms with Crippen molar-refractivity contribution in [2.24, 2.45) is 32.9 Å². The Bertz CT molecular complexity index is 2900. The van der Waals surface area contributed by atoms with Gasteiger partial charge in [-0.1, -0.05) is 0 Å². The smallest absolute Gasteiger partial charge is 0.275 e. The van der Waals surface area contributed by atoms with Gasteiger partial charge in [-0.25, -0.2) is 43.8 Å². The summed E-state index contributed by atoms with van der Waals surface area (Å²) in [6, 6.07) is 13.4. The van der Waals surface area contributed by atoms with Gasteiger partial charge >= 0.3 is 0 Å². The van der Waals surface area contributed by atoms with E-state index in [1.165, 1.54) is 74.5 Å². The molecule has 0 unspecified atom stereocenters. The number of nitrogens with one attached hydrogen (secondary N) is 2. The van der Waals surface area contributed by atoms with Crippen LogP contribution in [0.2, 0.25) is 0 Å². The predicted molar refractivity (Wildman–Crippen MR) is 261 cm³/mol. The van der Waals surface area contributed by atoms with E-state index in [-0.39, 0.29) is 83.1 Å². The molecule has 19 nitrogen and oxygen atoms in total. The van der Waals surface area contributed by atoms with Crippen molar-refractivity contribution in [3.8, 4) is 23.0 Å². The molecule has 0 fully saturated rings. The van der Waals surface area contributed by atoms with E-state index < -0.39 is 89.8 Å². The van der Waals surface area contributed by atoms with Crippen molar-refractivity contribution in [1.82, 2.24) is 9.44 Å². The van der Waals surface area contributed by atoms with Crippen molar-refractivity contribution >= 4 is 55.9 Å². The summed E-state index contributed by atoms with van der Waals surface area (Å²) < 4.78 is 144. The van der Waals surface area contributed by atoms with Crippen LogP contribution in [0.1, 0.15) is 59.1 Å². The number of guanidine groups is 2. The maximum atomic E-state index is 14.9. The van der Waals surface area contributed by atoms with Crippen LogP contribution in [0.3, 0.4) is 0 Å². The zero-order chi connectivity index (χ0) is 53.6. The van der Waals surface area contributed by atoms with Gasteiger partial charge in [-0.2, -0.15) is 9.98 Å². The molecular formula is C47H56F4N8O11S2. The van der Waals surface area contributed by atoms with Crippen molar-refractivity contribution < 1.29 is 67.7 Å². The SMILES string of the molecule is C/C(=C\c1cc(F)c(Oc2ccc(S(=O)(=O)NCCOCCOC(C)(C)CCOC(C)(C)CNS(=O)(=O)c3ccc(Oc4c(F)cc(/C=C(\C)C(=O)N=C(N)N)cc4F)cc3)cc2)c(F)c1)C(=O)N=C(N)N. The van der Waals surface area contributed by atoms with Gasteiger partial charge in [0, 0.05) is 24.2 Å². The summed E-state index contributed by atoms with van der Waals surface area (Å²) in [5.41, 5.74) is 19.1. The van der Waals surface area contributed by atoms with E-state index in [2.05, 4.69) is 19.4 Å². The first-order chi connectivity index (χ1) is 33.6. The lowest BCUT2D eigenvalue weighted by atomic mass is 10.1. The standard InChI is InChI=1S/C47H56F4N8O11S2/c1-28(42(60)58-44(52)53)21-30-23-36(48)40(37(49)24-30)69-32-7-11-34(12-8-32)71(62,63)56-16-18-66-19-20-68-46(3,4)15-17-67-47(5,6)27-57-72(64,65)35-13-9-33(10-14-35)70-41-38(50)25-31(26-39(41)51)22-29(2)43(61)59-45(54)55/h7-14,21-26,56-57H,15-20,27H2,1-6H3,(H4,52,53,58,60)(H4,54,55,59,61)/b28-21+,29-22+. The second-order valence-electron chi connectivity index (χ2n) is 16.9. The highest BCUT2D eigenvalue weighted by Crippen LogP contribution is 2.32. The Morgan fingerprint density at radius 2 is 0.972 bits per heavy atom. The lowest BCUT2D eigenvalue weighted by Gasteiger charge is -2.30. The van der Waals surface area contributed by atoms with Gasteiger partial charge < -0.3 is 46.6 Å². The largest absolute Gasteiger partial charge is 0.451 e. The van der Waals surface area contributed by atoms with Gasteiger partial charge in [0.2, 0.25) is 20.0 Å². The molecule has 25 heteroatoms. The van der Waals surface area contributed by atoms with Crippen LogP contribution in [-0.4, -0.2) is 91.3 Å². The van der Waals surface area contributed by atoms with Crippen molar-refractivity contribution in [3.63, 3.8) is 0 Å². The number of nitrogens with two attached hydrogens (primary N) is 4. The molecule has 0 spiro atoms. The molecule has 4 rings (SSSR count). The lowest BCUT2D eigenvalue weighted by Crippen LogP contribution is -2.41. The van der Waals surface area contributed by atoms with Gasteiger partial charge in [0.25, 0.3) is 11.8 Å². The van der Waals surface area contributed by atoms with Crippen LogP contribution >= 0.6 is 0 Å². The van der Waals surface area contributed by atoms with Gasteiger partial charge in [0.05, 0.1) is 47.4 Å². The second-order valence-corrected chi connectivity index (χ2v) is 20.4. The molecule has 0 bridgehead atoms. The minimum atomic E-state index is -4.06. The molecule has 72 heavy (non-hydrogen) atoms. The number of halogens is 4. The normalized spacial score (nSPS) is 12.6. The van der Waals surface area contributed by atoms with Crippen LogP contribution in [-0.2, 0) is 43.8 Å². The Morgan fingerprint density at radius 3 is 1.38 bits per heavy atom. The van der Waals surface area contributed by atoms with Gasteiger partial charge in [0.15, 0.2) is 46.7 Å². The average molecular weight is 1050 g/mol. The Morgan fingerprint density at radius 1 is 0.583 bits per heavy atom. The molecule has 0 aliphatic rings. The third-order valence-corrected chi connectivity index (χ3v) is 12.7. The molecule has 0 saturated carbocycles. The second kappa shape index (κ2) is 25.1. The van der Waals surface area contributed by atoms with Crippen LogP contribution in [0, 0.1) is 23.3 Å². The number of carbonyl (C=O) groups excluding carboxylic acids is 2. The Kier molecular flexibility index (Phi) is 20.1. The minimum absolute atomic E-state index is 0.000611. The first kappa shape index (κ1) is 57.8. The molecule has 4 aromatic carbocycles. The Labute approximate surface area is 414 Å². The maximum Gasteiger partial charge on any atom is 0.275 e. The van der Waals surface area contributed by atoms with Crippen molar-refractivity contribution in [1.29, 1.82) is 0 Å². The first-order valence-corrected chi connectivity index (χ1v) is 24.6. The highest BCUT2D eigenvalue weighted by atomic mass is 32.2. The van der Waals surface area contributed by atoms with E-state index in [0.29, 0.717) is 6.42 Å². The van der Waals surface area contributed by atoms with Gasteiger partial charge in [-0.15, -0.1) is 0 Å². The molecule has 390 valence electrons. The highest BCUT2D eigenvalue weighted by Gasteiger charge is 2.26. The molecule has 0 aliphatic carbocycles. The molecule has 4 aromatic rings. The van der Waals surface area contributed by atoms with E-state index in [1.807, 2.05) is 13.8 Å². The molecular weight excluding hydrogens is 993 g/mol. The third-order valence-electron chi connectivity index (χ3n) is 9.80. The number of nitrogens with zero attached hydrogens (tertiary/aromatic N) is 2. The van der Waals surface area contributed by atoms with E-state index in [1.54, 1.807) is 13.8 Å². The molecule has 0 aromatic heterocycles. The van der Waals surface area contributed by atoms with E-state index in [0.717, 1.165) is 24.3 Å². The zero-order valence-corrected chi connectivity index (χ0v) is 41.7. The van der Waals surface area contributed by atoms with Crippen LogP contribution in [0.5, 0.6) is 23.0 Å². The fraction of sp³-hybridized carbons (Fsp3) is 0.319. The summed E-state index contributed by atoms with van der Waals surface area (Å²) in [5, 5.41) is 0. The fourth-order valence-corrected chi connectivity index (χ4v) is 8.24. The summed E-state index contributed by atoms with van der Waals surface area (Å²) in [7, 11) is -8.06. The Hall–Kier alpha value is -6.74. The fourth-order valence-electron chi connectivity index (χ4n) is 6.02. The maximum absolute atomic E-state index is 14.9. The number of carbonyl (C=O) groups is 2. The molecule has 0 atom stereocenters. The zero-order valence-electron chi connectivity index (χ0n) is 40.1. The molecule has 0 heterocycles. The van der Waals surface area contributed by atoms with Crippen LogP contribution in [0.4, 0.5) is 17.6 Å². The first-order valence-electron chi connectivity index (χ1n) is 21.6. The molecule has 2 amide bonds. The predicted octanol–water partition coefficient (Wildman–Crippen LogP) is 5.49. The van der Waals surface area contributed by atoms with E-state index in [9.17, 15) is 44.0 Å². The van der Waals surface area contributed by atoms with Gasteiger partial charge in [0.1, 0.15) is 11.5 Å². The summed E-state index contributed by atoms with van der Waals surface area (Å²) in [5.74, 6) is -8.49. The van der Waals surface area contributed by atoms with Crippen LogP contribution in [0.15, 0.2) is 104 Å². The van der Waals surface area contributed by atoms with Crippen molar-refractivity contribution in [2.75, 3.05) is 39.5 Å². The van der Waals surface area contributed by atoms with Gasteiger partial charge in [-0.05, 0) is 144 Å². The highest BCUT2D eigenvalue weighted by molar-refractivity contribution is 7.89. The number of rotatable bonds is 25.